The van der Waals surface area contributed by atoms with Crippen LogP contribution < -0.4 is 10.6 Å². The van der Waals surface area contributed by atoms with E-state index in [4.69, 9.17) is 0 Å². The molecule has 0 aliphatic carbocycles. The van der Waals surface area contributed by atoms with Gasteiger partial charge in [-0.15, -0.1) is 0 Å². The highest BCUT2D eigenvalue weighted by Crippen LogP contribution is 2.18. The monoisotopic (exact) mass is 260 g/mol. The maximum Gasteiger partial charge on any atom is 0.237 e. The normalized spacial score (nSPS) is 20.8. The molecule has 0 spiro atoms. The zero-order valence-electron chi connectivity index (χ0n) is 11.9. The summed E-state index contributed by atoms with van der Waals surface area (Å²) in [5.74, 6) is 0.145. The second kappa shape index (κ2) is 6.71. The van der Waals surface area contributed by atoms with Gasteiger partial charge in [0.25, 0.3) is 0 Å². The van der Waals surface area contributed by atoms with Crippen molar-refractivity contribution < 1.29 is 4.79 Å². The molecule has 2 N–H and O–H groups in total. The Balaban J connectivity index is 1.98. The summed E-state index contributed by atoms with van der Waals surface area (Å²) in [6.07, 6.45) is 4.20. The van der Waals surface area contributed by atoms with Crippen LogP contribution in [0, 0.1) is 6.92 Å². The molecule has 1 unspecified atom stereocenters. The first-order chi connectivity index (χ1) is 9.20. The molecule has 104 valence electrons. The van der Waals surface area contributed by atoms with Crippen LogP contribution in [0.1, 0.15) is 49.8 Å². The van der Waals surface area contributed by atoms with Gasteiger partial charge in [0.2, 0.25) is 5.91 Å². The SMILES string of the molecule is CCC(NC(=O)[C@H]1CCCCN1)c1ccc(C)cc1. The number of carbonyl (C=O) groups excluding carboxylic acids is 1. The summed E-state index contributed by atoms with van der Waals surface area (Å²) in [5, 5.41) is 6.47. The largest absolute Gasteiger partial charge is 0.348 e. The minimum Gasteiger partial charge on any atom is -0.348 e. The molecule has 1 aliphatic rings. The third-order valence-corrected chi connectivity index (χ3v) is 3.83. The Kier molecular flexibility index (Phi) is 4.97. The second-order valence-corrected chi connectivity index (χ2v) is 5.38. The minimum absolute atomic E-state index is 0.00625. The van der Waals surface area contributed by atoms with Crippen molar-refractivity contribution in [2.45, 2.75) is 51.6 Å². The topological polar surface area (TPSA) is 41.1 Å². The van der Waals surface area contributed by atoms with Gasteiger partial charge >= 0.3 is 0 Å². The number of piperidine rings is 1. The van der Waals surface area contributed by atoms with E-state index < -0.39 is 0 Å². The average molecular weight is 260 g/mol. The minimum atomic E-state index is -0.00625. The Hall–Kier alpha value is -1.35. The molecule has 3 nitrogen and oxygen atoms in total. The number of carbonyl (C=O) groups is 1. The van der Waals surface area contributed by atoms with Gasteiger partial charge in [-0.2, -0.15) is 0 Å². The highest BCUT2D eigenvalue weighted by Gasteiger charge is 2.22. The van der Waals surface area contributed by atoms with Crippen molar-refractivity contribution in [2.24, 2.45) is 0 Å². The standard InChI is InChI=1S/C16H24N2O/c1-3-14(13-9-7-12(2)8-10-13)18-16(19)15-6-4-5-11-17-15/h7-10,14-15,17H,3-6,11H2,1-2H3,(H,18,19)/t14?,15-/m1/s1. The Bertz CT molecular complexity index is 407. The van der Waals surface area contributed by atoms with Crippen LogP contribution in [0.2, 0.25) is 0 Å². The van der Waals surface area contributed by atoms with E-state index in [1.54, 1.807) is 0 Å². The van der Waals surface area contributed by atoms with Crippen molar-refractivity contribution in [1.29, 1.82) is 0 Å². The molecule has 1 aromatic rings. The van der Waals surface area contributed by atoms with Crippen LogP contribution in [0.15, 0.2) is 24.3 Å². The van der Waals surface area contributed by atoms with E-state index in [-0.39, 0.29) is 18.0 Å². The molecule has 1 aromatic carbocycles. The molecule has 1 aliphatic heterocycles. The third-order valence-electron chi connectivity index (χ3n) is 3.83. The van der Waals surface area contributed by atoms with E-state index in [1.165, 1.54) is 17.5 Å². The molecular weight excluding hydrogens is 236 g/mol. The van der Waals surface area contributed by atoms with Gasteiger partial charge in [0.1, 0.15) is 0 Å². The maximum atomic E-state index is 12.2. The van der Waals surface area contributed by atoms with Crippen LogP contribution >= 0.6 is 0 Å². The molecule has 1 amide bonds. The van der Waals surface area contributed by atoms with Crippen LogP contribution in [-0.4, -0.2) is 18.5 Å². The summed E-state index contributed by atoms with van der Waals surface area (Å²) in [6, 6.07) is 8.53. The lowest BCUT2D eigenvalue weighted by molar-refractivity contribution is -0.124. The number of hydrogen-bond donors (Lipinski definition) is 2. The van der Waals surface area contributed by atoms with Crippen LogP contribution in [0.5, 0.6) is 0 Å². The van der Waals surface area contributed by atoms with Crippen molar-refractivity contribution in [3.05, 3.63) is 35.4 Å². The second-order valence-electron chi connectivity index (χ2n) is 5.38. The number of nitrogens with one attached hydrogen (secondary N) is 2. The molecule has 0 aromatic heterocycles. The van der Waals surface area contributed by atoms with Gasteiger partial charge < -0.3 is 10.6 Å². The summed E-state index contributed by atoms with van der Waals surface area (Å²) in [4.78, 5) is 12.2. The van der Waals surface area contributed by atoms with Crippen molar-refractivity contribution in [1.82, 2.24) is 10.6 Å². The molecule has 0 bridgehead atoms. The highest BCUT2D eigenvalue weighted by atomic mass is 16.2. The van der Waals surface area contributed by atoms with Gasteiger partial charge in [-0.3, -0.25) is 4.79 Å². The van der Waals surface area contributed by atoms with Gasteiger partial charge in [0.05, 0.1) is 12.1 Å². The number of aryl methyl sites for hydroxylation is 1. The zero-order valence-corrected chi connectivity index (χ0v) is 11.9. The molecule has 1 saturated heterocycles. The van der Waals surface area contributed by atoms with Crippen molar-refractivity contribution in [3.63, 3.8) is 0 Å². The Morgan fingerprint density at radius 1 is 1.37 bits per heavy atom. The quantitative estimate of drug-likeness (QED) is 0.874. The van der Waals surface area contributed by atoms with E-state index in [2.05, 4.69) is 48.7 Å². The first kappa shape index (κ1) is 14.1. The van der Waals surface area contributed by atoms with E-state index in [0.717, 1.165) is 25.8 Å². The Morgan fingerprint density at radius 3 is 2.68 bits per heavy atom. The fraction of sp³-hybridized carbons (Fsp3) is 0.562. The molecule has 0 radical (unpaired) electrons. The lowest BCUT2D eigenvalue weighted by Gasteiger charge is -2.25. The third kappa shape index (κ3) is 3.80. The first-order valence-electron chi connectivity index (χ1n) is 7.31. The lowest BCUT2D eigenvalue weighted by Crippen LogP contribution is -2.47. The van der Waals surface area contributed by atoms with Crippen LogP contribution in [0.3, 0.4) is 0 Å². The Morgan fingerprint density at radius 2 is 2.11 bits per heavy atom. The van der Waals surface area contributed by atoms with Gasteiger partial charge in [0.15, 0.2) is 0 Å². The summed E-state index contributed by atoms with van der Waals surface area (Å²) >= 11 is 0. The van der Waals surface area contributed by atoms with E-state index in [0.29, 0.717) is 0 Å². The average Bonchev–Trinajstić information content (AvgIpc) is 2.46. The predicted octanol–water partition coefficient (Wildman–Crippen LogP) is 2.70. The molecule has 19 heavy (non-hydrogen) atoms. The fourth-order valence-electron chi connectivity index (χ4n) is 2.57. The summed E-state index contributed by atoms with van der Waals surface area (Å²) in [6.45, 7) is 5.15. The van der Waals surface area contributed by atoms with Gasteiger partial charge in [-0.1, -0.05) is 43.2 Å². The summed E-state index contributed by atoms with van der Waals surface area (Å²) < 4.78 is 0. The number of benzene rings is 1. The van der Waals surface area contributed by atoms with Crippen molar-refractivity contribution in [2.75, 3.05) is 6.54 Å². The lowest BCUT2D eigenvalue weighted by atomic mass is 10.0. The summed E-state index contributed by atoms with van der Waals surface area (Å²) in [5.41, 5.74) is 2.44. The number of hydrogen-bond acceptors (Lipinski definition) is 2. The fourth-order valence-corrected chi connectivity index (χ4v) is 2.57. The van der Waals surface area contributed by atoms with Gasteiger partial charge in [-0.25, -0.2) is 0 Å². The van der Waals surface area contributed by atoms with Gasteiger partial charge in [0, 0.05) is 0 Å². The predicted molar refractivity (Wildman–Crippen MR) is 78.0 cm³/mol. The maximum absolute atomic E-state index is 12.2. The van der Waals surface area contributed by atoms with Gasteiger partial charge in [-0.05, 0) is 38.3 Å². The molecule has 2 atom stereocenters. The smallest absolute Gasteiger partial charge is 0.237 e. The molecule has 0 saturated carbocycles. The highest BCUT2D eigenvalue weighted by molar-refractivity contribution is 5.82. The zero-order chi connectivity index (χ0) is 13.7. The van der Waals surface area contributed by atoms with E-state index in [9.17, 15) is 4.79 Å². The van der Waals surface area contributed by atoms with Crippen molar-refractivity contribution >= 4 is 5.91 Å². The number of rotatable bonds is 4. The van der Waals surface area contributed by atoms with E-state index in [1.807, 2.05) is 0 Å². The van der Waals surface area contributed by atoms with Crippen LogP contribution in [-0.2, 0) is 4.79 Å². The Labute approximate surface area is 115 Å². The van der Waals surface area contributed by atoms with Crippen molar-refractivity contribution in [3.8, 4) is 0 Å². The van der Waals surface area contributed by atoms with E-state index >= 15 is 0 Å². The first-order valence-corrected chi connectivity index (χ1v) is 7.31. The molecule has 1 heterocycles. The van der Waals surface area contributed by atoms with Crippen LogP contribution in [0.25, 0.3) is 0 Å². The molecule has 1 fully saturated rings. The summed E-state index contributed by atoms with van der Waals surface area (Å²) in [7, 11) is 0. The molecule has 3 heteroatoms. The van der Waals surface area contributed by atoms with Crippen LogP contribution in [0.4, 0.5) is 0 Å². The molecular formula is C16H24N2O. The number of amides is 1. The molecule has 2 rings (SSSR count).